The number of hydrogen-bond acceptors (Lipinski definition) is 2. The number of thiocarbonyl (C=S) groups is 1. The van der Waals surface area contributed by atoms with Crippen LogP contribution >= 0.6 is 12.2 Å². The van der Waals surface area contributed by atoms with Crippen LogP contribution in [0.5, 0.6) is 5.75 Å². The summed E-state index contributed by atoms with van der Waals surface area (Å²) in [5.41, 5.74) is 0.978. The fourth-order valence-electron chi connectivity index (χ4n) is 1.25. The van der Waals surface area contributed by atoms with E-state index < -0.39 is 0 Å². The number of nitrogens with zero attached hydrogens (tertiary/aromatic N) is 1. The van der Waals surface area contributed by atoms with E-state index in [2.05, 4.69) is 19.2 Å². The van der Waals surface area contributed by atoms with Gasteiger partial charge in [0.2, 0.25) is 0 Å². The Labute approximate surface area is 109 Å². The predicted molar refractivity (Wildman–Crippen MR) is 76.7 cm³/mol. The van der Waals surface area contributed by atoms with E-state index >= 15 is 0 Å². The maximum Gasteiger partial charge on any atom is 0.173 e. The van der Waals surface area contributed by atoms with Gasteiger partial charge in [-0.3, -0.25) is 0 Å². The Morgan fingerprint density at radius 3 is 2.41 bits per heavy atom. The standard InChI is InChI=1S/C13H20N2OS/c1-5-16-12-8-6-11(7-9-12)14-13(17)15(4)10(2)3/h6-10H,5H2,1-4H3,(H,14,17). The first-order valence-electron chi connectivity index (χ1n) is 5.81. The highest BCUT2D eigenvalue weighted by Crippen LogP contribution is 2.16. The lowest BCUT2D eigenvalue weighted by molar-refractivity contribution is 0.340. The SMILES string of the molecule is CCOc1ccc(NC(=S)N(C)C(C)C)cc1. The summed E-state index contributed by atoms with van der Waals surface area (Å²) in [5, 5.41) is 3.92. The van der Waals surface area contributed by atoms with Crippen molar-refractivity contribution in [2.45, 2.75) is 26.8 Å². The third kappa shape index (κ3) is 4.23. The molecule has 0 radical (unpaired) electrons. The van der Waals surface area contributed by atoms with Gasteiger partial charge in [0.05, 0.1) is 6.61 Å². The van der Waals surface area contributed by atoms with Gasteiger partial charge in [-0.1, -0.05) is 0 Å². The van der Waals surface area contributed by atoms with E-state index in [1.807, 2.05) is 43.1 Å². The summed E-state index contributed by atoms with van der Waals surface area (Å²) >= 11 is 5.30. The number of benzene rings is 1. The van der Waals surface area contributed by atoms with Crippen molar-refractivity contribution in [3.63, 3.8) is 0 Å². The molecule has 1 aromatic carbocycles. The van der Waals surface area contributed by atoms with Crippen molar-refractivity contribution in [3.8, 4) is 5.75 Å². The Bertz CT molecular complexity index is 362. The average Bonchev–Trinajstić information content (AvgIpc) is 2.30. The number of rotatable bonds is 4. The molecule has 0 amide bonds. The molecule has 0 atom stereocenters. The third-order valence-electron chi connectivity index (χ3n) is 2.51. The Morgan fingerprint density at radius 1 is 1.35 bits per heavy atom. The summed E-state index contributed by atoms with van der Waals surface area (Å²) in [6.07, 6.45) is 0. The summed E-state index contributed by atoms with van der Waals surface area (Å²) in [6.45, 7) is 6.86. The summed E-state index contributed by atoms with van der Waals surface area (Å²) in [6, 6.07) is 8.18. The van der Waals surface area contributed by atoms with Gasteiger partial charge >= 0.3 is 0 Å². The second-order valence-corrected chi connectivity index (χ2v) is 4.48. The molecule has 1 N–H and O–H groups in total. The molecule has 0 heterocycles. The van der Waals surface area contributed by atoms with Crippen LogP contribution in [0, 0.1) is 0 Å². The van der Waals surface area contributed by atoms with Gasteiger partial charge in [-0.2, -0.15) is 0 Å². The molecular formula is C13H20N2OS. The van der Waals surface area contributed by atoms with Crippen LogP contribution in [0.1, 0.15) is 20.8 Å². The highest BCUT2D eigenvalue weighted by atomic mass is 32.1. The van der Waals surface area contributed by atoms with Crippen LogP contribution in [-0.2, 0) is 0 Å². The smallest absolute Gasteiger partial charge is 0.173 e. The number of hydrogen-bond donors (Lipinski definition) is 1. The van der Waals surface area contributed by atoms with E-state index in [-0.39, 0.29) is 0 Å². The largest absolute Gasteiger partial charge is 0.494 e. The van der Waals surface area contributed by atoms with Crippen molar-refractivity contribution < 1.29 is 4.74 Å². The summed E-state index contributed by atoms with van der Waals surface area (Å²) in [5.74, 6) is 0.876. The Balaban J connectivity index is 2.60. The van der Waals surface area contributed by atoms with Crippen molar-refractivity contribution in [2.24, 2.45) is 0 Å². The number of ether oxygens (including phenoxy) is 1. The molecule has 0 saturated carbocycles. The predicted octanol–water partition coefficient (Wildman–Crippen LogP) is 3.12. The molecular weight excluding hydrogens is 232 g/mol. The normalized spacial score (nSPS) is 10.2. The summed E-state index contributed by atoms with van der Waals surface area (Å²) in [4.78, 5) is 2.02. The Hall–Kier alpha value is -1.29. The molecule has 0 bridgehead atoms. The van der Waals surface area contributed by atoms with Gasteiger partial charge in [0.25, 0.3) is 0 Å². The summed E-state index contributed by atoms with van der Waals surface area (Å²) < 4.78 is 5.38. The zero-order valence-corrected chi connectivity index (χ0v) is 11.7. The van der Waals surface area contributed by atoms with Gasteiger partial charge in [-0.25, -0.2) is 0 Å². The monoisotopic (exact) mass is 252 g/mol. The van der Waals surface area contributed by atoms with Crippen molar-refractivity contribution in [3.05, 3.63) is 24.3 Å². The van der Waals surface area contributed by atoms with E-state index in [0.29, 0.717) is 12.6 Å². The van der Waals surface area contributed by atoms with Gasteiger partial charge in [0.1, 0.15) is 5.75 Å². The van der Waals surface area contributed by atoms with Crippen molar-refractivity contribution >= 4 is 23.0 Å². The van der Waals surface area contributed by atoms with Gasteiger partial charge in [0, 0.05) is 18.8 Å². The zero-order chi connectivity index (χ0) is 12.8. The molecule has 4 heteroatoms. The maximum atomic E-state index is 5.38. The highest BCUT2D eigenvalue weighted by Gasteiger charge is 2.07. The highest BCUT2D eigenvalue weighted by molar-refractivity contribution is 7.80. The number of anilines is 1. The lowest BCUT2D eigenvalue weighted by Crippen LogP contribution is -2.36. The summed E-state index contributed by atoms with van der Waals surface area (Å²) in [7, 11) is 1.98. The van der Waals surface area contributed by atoms with Crippen LogP contribution in [0.4, 0.5) is 5.69 Å². The van der Waals surface area contributed by atoms with Crippen LogP contribution in [0.3, 0.4) is 0 Å². The van der Waals surface area contributed by atoms with E-state index in [9.17, 15) is 0 Å². The molecule has 0 aliphatic carbocycles. The molecule has 0 fully saturated rings. The second-order valence-electron chi connectivity index (χ2n) is 4.09. The van der Waals surface area contributed by atoms with Gasteiger partial charge in [0.15, 0.2) is 5.11 Å². The molecule has 1 rings (SSSR count). The molecule has 94 valence electrons. The molecule has 17 heavy (non-hydrogen) atoms. The van der Waals surface area contributed by atoms with Crippen molar-refractivity contribution in [1.29, 1.82) is 0 Å². The molecule has 3 nitrogen and oxygen atoms in total. The molecule has 0 saturated heterocycles. The lowest BCUT2D eigenvalue weighted by atomic mass is 10.3. The minimum atomic E-state index is 0.387. The fourth-order valence-corrected chi connectivity index (χ4v) is 1.58. The molecule has 0 unspecified atom stereocenters. The first-order chi connectivity index (χ1) is 8.04. The number of nitrogens with one attached hydrogen (secondary N) is 1. The second kappa shape index (κ2) is 6.45. The lowest BCUT2D eigenvalue weighted by Gasteiger charge is -2.24. The quantitative estimate of drug-likeness (QED) is 0.832. The van der Waals surface area contributed by atoms with Crippen LogP contribution in [0.2, 0.25) is 0 Å². The molecule has 0 aliphatic rings. The fraction of sp³-hybridized carbons (Fsp3) is 0.462. The van der Waals surface area contributed by atoms with Gasteiger partial charge in [-0.05, 0) is 57.3 Å². The van der Waals surface area contributed by atoms with E-state index in [4.69, 9.17) is 17.0 Å². The molecule has 0 spiro atoms. The molecule has 0 aliphatic heterocycles. The minimum absolute atomic E-state index is 0.387. The van der Waals surface area contributed by atoms with E-state index in [1.165, 1.54) is 0 Å². The van der Waals surface area contributed by atoms with Crippen LogP contribution in [0.25, 0.3) is 0 Å². The average molecular weight is 252 g/mol. The van der Waals surface area contributed by atoms with Crippen LogP contribution < -0.4 is 10.1 Å². The van der Waals surface area contributed by atoms with Crippen molar-refractivity contribution in [2.75, 3.05) is 19.0 Å². The molecule has 1 aromatic rings. The first-order valence-corrected chi connectivity index (χ1v) is 6.22. The molecule has 0 aromatic heterocycles. The Kier molecular flexibility index (Phi) is 5.22. The van der Waals surface area contributed by atoms with E-state index in [0.717, 1.165) is 16.5 Å². The minimum Gasteiger partial charge on any atom is -0.494 e. The van der Waals surface area contributed by atoms with Gasteiger partial charge in [-0.15, -0.1) is 0 Å². The van der Waals surface area contributed by atoms with Crippen LogP contribution in [0.15, 0.2) is 24.3 Å². The first kappa shape index (κ1) is 13.8. The maximum absolute atomic E-state index is 5.38. The van der Waals surface area contributed by atoms with Crippen molar-refractivity contribution in [1.82, 2.24) is 4.90 Å². The van der Waals surface area contributed by atoms with E-state index in [1.54, 1.807) is 0 Å². The van der Waals surface area contributed by atoms with Crippen LogP contribution in [-0.4, -0.2) is 29.7 Å². The Morgan fingerprint density at radius 2 is 1.94 bits per heavy atom. The van der Waals surface area contributed by atoms with Gasteiger partial charge < -0.3 is 15.0 Å². The third-order valence-corrected chi connectivity index (χ3v) is 2.90. The zero-order valence-electron chi connectivity index (χ0n) is 10.9. The topological polar surface area (TPSA) is 24.5 Å².